The molecule has 21 heavy (non-hydrogen) atoms. The van der Waals surface area contributed by atoms with Gasteiger partial charge in [0.05, 0.1) is 7.11 Å². The summed E-state index contributed by atoms with van der Waals surface area (Å²) in [6, 6.07) is 13.8. The molecule has 0 N–H and O–H groups in total. The molecule has 0 bridgehead atoms. The third kappa shape index (κ3) is 4.21. The fourth-order valence-corrected chi connectivity index (χ4v) is 1.90. The van der Waals surface area contributed by atoms with Crippen LogP contribution in [-0.4, -0.2) is 13.4 Å². The third-order valence-electron chi connectivity index (χ3n) is 3.07. The summed E-state index contributed by atoms with van der Waals surface area (Å²) in [5.74, 6) is 1.33. The van der Waals surface area contributed by atoms with Gasteiger partial charge in [-0.3, -0.25) is 4.79 Å². The average Bonchev–Trinajstić information content (AvgIpc) is 2.52. The maximum atomic E-state index is 10.3. The van der Waals surface area contributed by atoms with Crippen molar-refractivity contribution in [3.8, 4) is 11.5 Å². The molecule has 0 aromatic heterocycles. The molecule has 0 amide bonds. The highest BCUT2D eigenvalue weighted by Gasteiger charge is 2.05. The minimum atomic E-state index is 0.486. The van der Waals surface area contributed by atoms with Crippen molar-refractivity contribution >= 4 is 12.4 Å². The summed E-state index contributed by atoms with van der Waals surface area (Å²) in [5.41, 5.74) is 3.22. The Balaban J connectivity index is 2.10. The van der Waals surface area contributed by atoms with Crippen molar-refractivity contribution in [2.45, 2.75) is 13.5 Å². The highest BCUT2D eigenvalue weighted by atomic mass is 16.5. The molecular weight excluding hydrogens is 264 g/mol. The van der Waals surface area contributed by atoms with E-state index in [9.17, 15) is 4.79 Å². The van der Waals surface area contributed by atoms with Crippen molar-refractivity contribution in [1.29, 1.82) is 0 Å². The predicted molar refractivity (Wildman–Crippen MR) is 83.6 cm³/mol. The molecule has 3 nitrogen and oxygen atoms in total. The van der Waals surface area contributed by atoms with Gasteiger partial charge in [-0.05, 0) is 36.3 Å². The molecule has 0 saturated carbocycles. The maximum Gasteiger partial charge on any atom is 0.161 e. The Bertz CT molecular complexity index is 627. The number of methoxy groups -OCH3 is 1. The summed E-state index contributed by atoms with van der Waals surface area (Å²) < 4.78 is 11.1. The number of aryl methyl sites for hydroxylation is 1. The van der Waals surface area contributed by atoms with Crippen LogP contribution in [0.4, 0.5) is 0 Å². The quantitative estimate of drug-likeness (QED) is 0.597. The van der Waals surface area contributed by atoms with E-state index in [-0.39, 0.29) is 0 Å². The second-order valence-corrected chi connectivity index (χ2v) is 4.68. The predicted octanol–water partition coefficient (Wildman–Crippen LogP) is 3.79. The van der Waals surface area contributed by atoms with E-state index in [1.54, 1.807) is 13.2 Å². The average molecular weight is 282 g/mol. The van der Waals surface area contributed by atoms with Gasteiger partial charge in [-0.15, -0.1) is 0 Å². The standard InChI is InChI=1S/C18H18O3/c1-14-5-7-16(8-6-14)13-21-17-10-9-15(4-3-11-19)12-18(17)20-2/h3-12H,13H2,1-2H3/b4-3+. The lowest BCUT2D eigenvalue weighted by Gasteiger charge is -2.11. The molecule has 0 aliphatic carbocycles. The molecule has 2 aromatic carbocycles. The zero-order valence-corrected chi connectivity index (χ0v) is 12.2. The van der Waals surface area contributed by atoms with Crippen LogP contribution in [0.1, 0.15) is 16.7 Å². The van der Waals surface area contributed by atoms with Gasteiger partial charge in [0.15, 0.2) is 11.5 Å². The first-order chi connectivity index (χ1) is 10.2. The monoisotopic (exact) mass is 282 g/mol. The fraction of sp³-hybridized carbons (Fsp3) is 0.167. The molecule has 108 valence electrons. The molecule has 0 heterocycles. The summed E-state index contributed by atoms with van der Waals surface area (Å²) in [6.45, 7) is 2.54. The minimum absolute atomic E-state index is 0.486. The largest absolute Gasteiger partial charge is 0.493 e. The van der Waals surface area contributed by atoms with Gasteiger partial charge in [0, 0.05) is 0 Å². The summed E-state index contributed by atoms with van der Waals surface area (Å²) >= 11 is 0. The van der Waals surface area contributed by atoms with Gasteiger partial charge in [-0.2, -0.15) is 0 Å². The Hall–Kier alpha value is -2.55. The van der Waals surface area contributed by atoms with Gasteiger partial charge >= 0.3 is 0 Å². The van der Waals surface area contributed by atoms with Crippen LogP contribution in [0, 0.1) is 6.92 Å². The first-order valence-corrected chi connectivity index (χ1v) is 6.71. The number of carbonyl (C=O) groups excluding carboxylic acids is 1. The Morgan fingerprint density at radius 1 is 1.05 bits per heavy atom. The van der Waals surface area contributed by atoms with Crippen LogP contribution in [0.3, 0.4) is 0 Å². The molecule has 0 radical (unpaired) electrons. The molecule has 3 heteroatoms. The summed E-state index contributed by atoms with van der Waals surface area (Å²) in [5, 5.41) is 0. The highest BCUT2D eigenvalue weighted by Crippen LogP contribution is 2.29. The molecule has 2 aromatic rings. The van der Waals surface area contributed by atoms with Crippen LogP contribution in [0.25, 0.3) is 6.08 Å². The van der Waals surface area contributed by atoms with E-state index in [1.807, 2.05) is 30.3 Å². The summed E-state index contributed by atoms with van der Waals surface area (Å²) in [7, 11) is 1.60. The number of hydrogen-bond donors (Lipinski definition) is 0. The van der Waals surface area contributed by atoms with E-state index in [1.165, 1.54) is 11.6 Å². The van der Waals surface area contributed by atoms with E-state index in [2.05, 4.69) is 19.1 Å². The molecule has 0 spiro atoms. The number of benzene rings is 2. The molecule has 2 rings (SSSR count). The second kappa shape index (κ2) is 7.29. The highest BCUT2D eigenvalue weighted by molar-refractivity contribution is 5.74. The van der Waals surface area contributed by atoms with Crippen LogP contribution >= 0.6 is 0 Å². The number of rotatable bonds is 6. The topological polar surface area (TPSA) is 35.5 Å². The van der Waals surface area contributed by atoms with Crippen LogP contribution in [-0.2, 0) is 11.4 Å². The normalized spacial score (nSPS) is 10.6. The number of allylic oxidation sites excluding steroid dienone is 1. The lowest BCUT2D eigenvalue weighted by molar-refractivity contribution is -0.104. The summed E-state index contributed by atoms with van der Waals surface area (Å²) in [4.78, 5) is 10.3. The van der Waals surface area contributed by atoms with Gasteiger partial charge in [0.2, 0.25) is 0 Å². The number of hydrogen-bond acceptors (Lipinski definition) is 3. The van der Waals surface area contributed by atoms with E-state index >= 15 is 0 Å². The van der Waals surface area contributed by atoms with Gasteiger partial charge < -0.3 is 9.47 Å². The Morgan fingerprint density at radius 2 is 1.81 bits per heavy atom. The fourth-order valence-electron chi connectivity index (χ4n) is 1.90. The first kappa shape index (κ1) is 14.9. The van der Waals surface area contributed by atoms with Gasteiger partial charge in [0.1, 0.15) is 12.9 Å². The smallest absolute Gasteiger partial charge is 0.161 e. The van der Waals surface area contributed by atoms with E-state index in [0.29, 0.717) is 18.1 Å². The van der Waals surface area contributed by atoms with Crippen molar-refractivity contribution in [1.82, 2.24) is 0 Å². The molecule has 0 unspecified atom stereocenters. The lowest BCUT2D eigenvalue weighted by Crippen LogP contribution is -1.98. The van der Waals surface area contributed by atoms with Crippen LogP contribution in [0.5, 0.6) is 11.5 Å². The lowest BCUT2D eigenvalue weighted by atomic mass is 10.1. The molecule has 0 saturated heterocycles. The third-order valence-corrected chi connectivity index (χ3v) is 3.07. The molecule has 0 fully saturated rings. The molecule has 0 aliphatic heterocycles. The van der Waals surface area contributed by atoms with Crippen molar-refractivity contribution < 1.29 is 14.3 Å². The molecule has 0 aliphatic rings. The minimum Gasteiger partial charge on any atom is -0.493 e. The van der Waals surface area contributed by atoms with Crippen molar-refractivity contribution in [3.05, 3.63) is 65.2 Å². The molecular formula is C18H18O3. The van der Waals surface area contributed by atoms with Crippen molar-refractivity contribution in [3.63, 3.8) is 0 Å². The number of carbonyl (C=O) groups is 1. The SMILES string of the molecule is COc1cc(/C=C/C=O)ccc1OCc1ccc(C)cc1. The molecule has 0 atom stereocenters. The van der Waals surface area contributed by atoms with Crippen molar-refractivity contribution in [2.24, 2.45) is 0 Å². The zero-order valence-electron chi connectivity index (χ0n) is 12.2. The summed E-state index contributed by atoms with van der Waals surface area (Å²) in [6.07, 6.45) is 3.91. The van der Waals surface area contributed by atoms with Crippen LogP contribution in [0.15, 0.2) is 48.5 Å². The van der Waals surface area contributed by atoms with E-state index < -0.39 is 0 Å². The Morgan fingerprint density at radius 3 is 2.48 bits per heavy atom. The number of aldehydes is 1. The Labute approximate surface area is 124 Å². The van der Waals surface area contributed by atoms with E-state index in [4.69, 9.17) is 9.47 Å². The first-order valence-electron chi connectivity index (χ1n) is 6.71. The second-order valence-electron chi connectivity index (χ2n) is 4.68. The Kier molecular flexibility index (Phi) is 5.16. The van der Waals surface area contributed by atoms with Gasteiger partial charge in [-0.1, -0.05) is 42.0 Å². The van der Waals surface area contributed by atoms with Gasteiger partial charge in [-0.25, -0.2) is 0 Å². The zero-order chi connectivity index (χ0) is 15.1. The van der Waals surface area contributed by atoms with Crippen LogP contribution in [0.2, 0.25) is 0 Å². The number of ether oxygens (including phenoxy) is 2. The van der Waals surface area contributed by atoms with E-state index in [0.717, 1.165) is 17.4 Å². The van der Waals surface area contributed by atoms with Crippen molar-refractivity contribution in [2.75, 3.05) is 7.11 Å². The van der Waals surface area contributed by atoms with Crippen LogP contribution < -0.4 is 9.47 Å². The van der Waals surface area contributed by atoms with Gasteiger partial charge in [0.25, 0.3) is 0 Å². The maximum absolute atomic E-state index is 10.3.